The van der Waals surface area contributed by atoms with Crippen molar-refractivity contribution in [2.24, 2.45) is 4.99 Å². The fourth-order valence-corrected chi connectivity index (χ4v) is 5.40. The van der Waals surface area contributed by atoms with E-state index in [1.807, 2.05) is 13.8 Å². The minimum atomic E-state index is -1.93. The summed E-state index contributed by atoms with van der Waals surface area (Å²) in [6.07, 6.45) is 4.07. The molecule has 0 radical (unpaired) electrons. The molecule has 0 spiro atoms. The Morgan fingerprint density at radius 3 is 2.73 bits per heavy atom. The Morgan fingerprint density at radius 1 is 1.47 bits per heavy atom. The Labute approximate surface area is 102 Å². The van der Waals surface area contributed by atoms with E-state index in [0.717, 1.165) is 12.3 Å². The normalized spacial score (nSPS) is 15.4. The van der Waals surface area contributed by atoms with Gasteiger partial charge in [-0.05, 0) is 32.1 Å². The lowest BCUT2D eigenvalue weighted by Gasteiger charge is -2.20. The topological polar surface area (TPSA) is 33.6 Å². The first-order valence-electron chi connectivity index (χ1n) is 5.33. The van der Waals surface area contributed by atoms with Crippen LogP contribution in [0, 0.1) is 0 Å². The van der Waals surface area contributed by atoms with Crippen LogP contribution in [-0.4, -0.2) is 25.2 Å². The van der Waals surface area contributed by atoms with Gasteiger partial charge in [-0.1, -0.05) is 24.7 Å². The van der Waals surface area contributed by atoms with Crippen LogP contribution in [0.1, 0.15) is 33.6 Å². The molecule has 6 heteroatoms. The number of nitrogens with zero attached hydrogens (tertiary/aromatic N) is 1. The molecular formula is C9H21N2OPS2. The van der Waals surface area contributed by atoms with Crippen LogP contribution in [-0.2, 0) is 16.3 Å². The number of hydrogen-bond donors (Lipinski definition) is 1. The summed E-state index contributed by atoms with van der Waals surface area (Å²) in [5.74, 6) is 1.06. The predicted molar refractivity (Wildman–Crippen MR) is 75.4 cm³/mol. The van der Waals surface area contributed by atoms with Crippen molar-refractivity contribution in [3.8, 4) is 0 Å². The Balaban J connectivity index is 4.06. The number of rotatable bonds is 9. The first-order chi connectivity index (χ1) is 7.18. The van der Waals surface area contributed by atoms with Crippen LogP contribution in [0.15, 0.2) is 4.99 Å². The molecule has 0 aliphatic heterocycles. The van der Waals surface area contributed by atoms with Crippen molar-refractivity contribution in [2.45, 2.75) is 33.6 Å². The number of nitrogens with one attached hydrogen (secondary N) is 1. The zero-order valence-electron chi connectivity index (χ0n) is 9.73. The molecule has 0 aliphatic carbocycles. The minimum Gasteiger partial charge on any atom is -0.327 e. The summed E-state index contributed by atoms with van der Waals surface area (Å²) in [5, 5.41) is 3.13. The monoisotopic (exact) mass is 268 g/mol. The molecule has 0 aromatic rings. The molecule has 1 atom stereocenters. The van der Waals surface area contributed by atoms with Crippen LogP contribution < -0.4 is 5.09 Å². The molecule has 0 aromatic carbocycles. The molecule has 90 valence electrons. The van der Waals surface area contributed by atoms with Crippen molar-refractivity contribution < 1.29 is 4.52 Å². The van der Waals surface area contributed by atoms with Crippen molar-refractivity contribution in [3.05, 3.63) is 0 Å². The number of aliphatic imine (C=N–C) groups is 1. The van der Waals surface area contributed by atoms with Gasteiger partial charge in [0.2, 0.25) is 5.62 Å². The molecule has 0 aliphatic rings. The lowest BCUT2D eigenvalue weighted by molar-refractivity contribution is 0.383. The molecule has 0 amide bonds. The maximum atomic E-state index is 5.61. The van der Waals surface area contributed by atoms with Crippen LogP contribution in [0.2, 0.25) is 0 Å². The van der Waals surface area contributed by atoms with Gasteiger partial charge in [-0.15, -0.1) is 0 Å². The van der Waals surface area contributed by atoms with Crippen LogP contribution in [0.4, 0.5) is 0 Å². The van der Waals surface area contributed by atoms with E-state index >= 15 is 0 Å². The van der Waals surface area contributed by atoms with Gasteiger partial charge >= 0.3 is 0 Å². The number of unbranched alkanes of at least 4 members (excludes halogenated alkanes) is 1. The average Bonchev–Trinajstić information content (AvgIpc) is 2.19. The first kappa shape index (κ1) is 15.4. The second-order valence-corrected chi connectivity index (χ2v) is 9.59. The number of hydrogen-bond acceptors (Lipinski definition) is 4. The maximum absolute atomic E-state index is 5.61. The summed E-state index contributed by atoms with van der Waals surface area (Å²) in [6, 6.07) is 0. The van der Waals surface area contributed by atoms with Crippen molar-refractivity contribution >= 4 is 35.1 Å². The summed E-state index contributed by atoms with van der Waals surface area (Å²) in [7, 11) is 0. The quantitative estimate of drug-likeness (QED) is 0.301. The Morgan fingerprint density at radius 2 is 2.20 bits per heavy atom. The van der Waals surface area contributed by atoms with E-state index in [9.17, 15) is 0 Å². The van der Waals surface area contributed by atoms with E-state index in [4.69, 9.17) is 16.3 Å². The lowest BCUT2D eigenvalue weighted by Crippen LogP contribution is -2.08. The highest BCUT2D eigenvalue weighted by Gasteiger charge is 2.15. The van der Waals surface area contributed by atoms with Gasteiger partial charge < -0.3 is 9.61 Å². The smallest absolute Gasteiger partial charge is 0.211 e. The molecule has 3 nitrogen and oxygen atoms in total. The molecule has 1 unspecified atom stereocenters. The summed E-state index contributed by atoms with van der Waals surface area (Å²) in [4.78, 5) is 4.10. The summed E-state index contributed by atoms with van der Waals surface area (Å²) in [6.45, 7) is 7.57. The van der Waals surface area contributed by atoms with E-state index < -0.39 is 5.62 Å². The van der Waals surface area contributed by atoms with Crippen molar-refractivity contribution in [3.63, 3.8) is 0 Å². The molecule has 0 heterocycles. The highest BCUT2D eigenvalue weighted by atomic mass is 32.9. The van der Waals surface area contributed by atoms with Crippen LogP contribution >= 0.6 is 17.0 Å². The Bertz CT molecular complexity index is 224. The van der Waals surface area contributed by atoms with Crippen LogP contribution in [0.25, 0.3) is 0 Å². The largest absolute Gasteiger partial charge is 0.327 e. The molecule has 0 aromatic heterocycles. The summed E-state index contributed by atoms with van der Waals surface area (Å²) in [5.41, 5.74) is -1.93. The summed E-state index contributed by atoms with van der Waals surface area (Å²) >= 11 is 7.20. The molecule has 0 bridgehead atoms. The standard InChI is InChI=1S/C9H21N2OPS2/c1-4-7-8-15-13(14,12-6-3)11-9-10-5-2/h9H,4-8H2,1-3H3,(H,10,11,14). The maximum Gasteiger partial charge on any atom is 0.211 e. The molecule has 15 heavy (non-hydrogen) atoms. The molecule has 0 saturated carbocycles. The third-order valence-corrected chi connectivity index (χ3v) is 7.17. The van der Waals surface area contributed by atoms with E-state index in [1.54, 1.807) is 17.7 Å². The van der Waals surface area contributed by atoms with E-state index in [1.165, 1.54) is 12.8 Å². The van der Waals surface area contributed by atoms with Crippen LogP contribution in [0.3, 0.4) is 0 Å². The zero-order chi connectivity index (χ0) is 11.6. The van der Waals surface area contributed by atoms with Gasteiger partial charge in [0.25, 0.3) is 0 Å². The van der Waals surface area contributed by atoms with Gasteiger partial charge in [0, 0.05) is 12.3 Å². The van der Waals surface area contributed by atoms with Gasteiger partial charge in [0.15, 0.2) is 0 Å². The van der Waals surface area contributed by atoms with Crippen LogP contribution in [0.5, 0.6) is 0 Å². The van der Waals surface area contributed by atoms with Crippen molar-refractivity contribution in [1.82, 2.24) is 5.09 Å². The fraction of sp³-hybridized carbons (Fsp3) is 0.889. The second-order valence-electron chi connectivity index (χ2n) is 2.86. The molecule has 0 rings (SSSR count). The molecule has 1 N–H and O–H groups in total. The van der Waals surface area contributed by atoms with Crippen molar-refractivity contribution in [1.29, 1.82) is 0 Å². The molecule has 0 fully saturated rings. The molecule has 0 saturated heterocycles. The summed E-state index contributed by atoms with van der Waals surface area (Å²) < 4.78 is 5.61. The highest BCUT2D eigenvalue weighted by molar-refractivity contribution is 8.68. The predicted octanol–water partition coefficient (Wildman–Crippen LogP) is 3.42. The van der Waals surface area contributed by atoms with Gasteiger partial charge in [-0.3, -0.25) is 4.99 Å². The van der Waals surface area contributed by atoms with Crippen molar-refractivity contribution in [2.75, 3.05) is 18.9 Å². The fourth-order valence-electron chi connectivity index (χ4n) is 0.814. The van der Waals surface area contributed by atoms with E-state index in [-0.39, 0.29) is 0 Å². The SMILES string of the molecule is CCCCSP(=S)(NC=NCC)OCC. The van der Waals surface area contributed by atoms with Gasteiger partial charge in [-0.2, -0.15) is 0 Å². The molecular weight excluding hydrogens is 247 g/mol. The third-order valence-electron chi connectivity index (χ3n) is 1.55. The lowest BCUT2D eigenvalue weighted by atomic mass is 10.4. The Hall–Kier alpha value is 0.430. The second kappa shape index (κ2) is 9.64. The van der Waals surface area contributed by atoms with E-state index in [2.05, 4.69) is 17.0 Å². The van der Waals surface area contributed by atoms with E-state index in [0.29, 0.717) is 6.61 Å². The minimum absolute atomic E-state index is 0.656. The third kappa shape index (κ3) is 8.26. The van der Waals surface area contributed by atoms with Gasteiger partial charge in [0.1, 0.15) is 0 Å². The Kier molecular flexibility index (Phi) is 9.92. The average molecular weight is 268 g/mol. The van der Waals surface area contributed by atoms with Gasteiger partial charge in [0.05, 0.1) is 12.9 Å². The zero-order valence-corrected chi connectivity index (χ0v) is 12.3. The first-order valence-corrected chi connectivity index (χ1v) is 9.64. The van der Waals surface area contributed by atoms with Gasteiger partial charge in [-0.25, -0.2) is 0 Å². The highest BCUT2D eigenvalue weighted by Crippen LogP contribution is 2.55.